The van der Waals surface area contributed by atoms with Crippen LogP contribution in [0.25, 0.3) is 0 Å². The van der Waals surface area contributed by atoms with Crippen LogP contribution in [-0.4, -0.2) is 60.0 Å². The number of carbonyl (C=O) groups is 2. The van der Waals surface area contributed by atoms with Gasteiger partial charge in [-0.25, -0.2) is 4.79 Å². The number of rotatable bonds is 6. The molecule has 0 spiro atoms. The smallest absolute Gasteiger partial charge is 0.317 e. The van der Waals surface area contributed by atoms with Gasteiger partial charge in [-0.2, -0.15) is 0 Å². The molecule has 5 aliphatic carbocycles. The minimum Gasteiger partial charge on any atom is -0.349 e. The molecule has 4 bridgehead atoms. The van der Waals surface area contributed by atoms with Crippen molar-refractivity contribution in [1.29, 1.82) is 0 Å². The van der Waals surface area contributed by atoms with Gasteiger partial charge in [-0.1, -0.05) is 12.1 Å². The first-order chi connectivity index (χ1) is 16.9. The highest BCUT2D eigenvalue weighted by Gasteiger charge is 2.48. The lowest BCUT2D eigenvalue weighted by Gasteiger charge is -2.54. The summed E-state index contributed by atoms with van der Waals surface area (Å²) in [5.74, 6) is 3.25. The molecule has 1 aliphatic heterocycles. The Morgan fingerprint density at radius 1 is 0.914 bits per heavy atom. The van der Waals surface area contributed by atoms with Crippen molar-refractivity contribution in [3.8, 4) is 0 Å². The molecule has 1 saturated heterocycles. The van der Waals surface area contributed by atoms with E-state index in [0.29, 0.717) is 23.9 Å². The lowest BCUT2D eigenvalue weighted by molar-refractivity contribution is -0.0119. The molecule has 0 radical (unpaired) electrons. The number of hydrogen-bond donors (Lipinski definition) is 2. The molecule has 1 atom stereocenters. The van der Waals surface area contributed by atoms with E-state index in [0.717, 1.165) is 54.9 Å². The van der Waals surface area contributed by atoms with Gasteiger partial charge >= 0.3 is 6.03 Å². The SMILES string of the molecule is CC(NC(=O)N(C)C1CCN(C2CC2)CC1)c1ccc(C(=O)NC2C3CC4CC(C3)CC2C4)cc1. The summed E-state index contributed by atoms with van der Waals surface area (Å²) in [5.41, 5.74) is 1.75. The fourth-order valence-electron chi connectivity index (χ4n) is 7.93. The Balaban J connectivity index is 1.00. The first-order valence-corrected chi connectivity index (χ1v) is 14.1. The van der Waals surface area contributed by atoms with E-state index in [1.54, 1.807) is 0 Å². The van der Waals surface area contributed by atoms with E-state index in [-0.39, 0.29) is 18.0 Å². The normalized spacial score (nSPS) is 33.4. The molecule has 1 aromatic rings. The predicted octanol–water partition coefficient (Wildman–Crippen LogP) is 4.57. The number of carbonyl (C=O) groups excluding carboxylic acids is 2. The van der Waals surface area contributed by atoms with Crippen LogP contribution in [0.2, 0.25) is 0 Å². The minimum atomic E-state index is -0.0990. The molecule has 1 unspecified atom stereocenters. The molecule has 6 nitrogen and oxygen atoms in total. The Morgan fingerprint density at radius 2 is 1.51 bits per heavy atom. The Bertz CT molecular complexity index is 907. The third-order valence-electron chi connectivity index (χ3n) is 9.97. The van der Waals surface area contributed by atoms with Gasteiger partial charge in [-0.05, 0) is 106 Å². The first-order valence-electron chi connectivity index (χ1n) is 14.1. The van der Waals surface area contributed by atoms with Crippen LogP contribution in [0.1, 0.15) is 86.7 Å². The van der Waals surface area contributed by atoms with Crippen molar-refractivity contribution in [1.82, 2.24) is 20.4 Å². The van der Waals surface area contributed by atoms with Crippen LogP contribution in [-0.2, 0) is 0 Å². The van der Waals surface area contributed by atoms with Crippen LogP contribution in [0.3, 0.4) is 0 Å². The number of amides is 3. The molecule has 0 aromatic heterocycles. The molecule has 190 valence electrons. The molecule has 7 rings (SSSR count). The maximum atomic E-state index is 13.0. The van der Waals surface area contributed by atoms with Gasteiger partial charge in [-0.15, -0.1) is 0 Å². The molecule has 6 fully saturated rings. The maximum Gasteiger partial charge on any atom is 0.317 e. The average molecular weight is 479 g/mol. The fourth-order valence-corrected chi connectivity index (χ4v) is 7.93. The number of nitrogens with zero attached hydrogens (tertiary/aromatic N) is 2. The van der Waals surface area contributed by atoms with Crippen molar-refractivity contribution >= 4 is 11.9 Å². The van der Waals surface area contributed by atoms with Crippen LogP contribution in [0.15, 0.2) is 24.3 Å². The van der Waals surface area contributed by atoms with Crippen LogP contribution in [0, 0.1) is 23.7 Å². The predicted molar refractivity (Wildman–Crippen MR) is 137 cm³/mol. The monoisotopic (exact) mass is 478 g/mol. The molecule has 35 heavy (non-hydrogen) atoms. The summed E-state index contributed by atoms with van der Waals surface area (Å²) in [5, 5.41) is 6.57. The first kappa shape index (κ1) is 23.3. The summed E-state index contributed by atoms with van der Waals surface area (Å²) in [6, 6.07) is 9.20. The van der Waals surface area contributed by atoms with Crippen molar-refractivity contribution in [2.24, 2.45) is 23.7 Å². The number of benzene rings is 1. The Hall–Kier alpha value is -2.08. The molecule has 3 amide bonds. The molecule has 6 heteroatoms. The molecule has 2 N–H and O–H groups in total. The highest BCUT2D eigenvalue weighted by atomic mass is 16.2. The summed E-state index contributed by atoms with van der Waals surface area (Å²) in [6.07, 6.45) is 11.5. The van der Waals surface area contributed by atoms with E-state index in [4.69, 9.17) is 0 Å². The second-order valence-electron chi connectivity index (χ2n) is 12.3. The van der Waals surface area contributed by atoms with E-state index in [9.17, 15) is 9.59 Å². The lowest BCUT2D eigenvalue weighted by atomic mass is 9.54. The quantitative estimate of drug-likeness (QED) is 0.630. The second-order valence-corrected chi connectivity index (χ2v) is 12.3. The fraction of sp³-hybridized carbons (Fsp3) is 0.724. The Labute approximate surface area is 210 Å². The molecule has 5 saturated carbocycles. The van der Waals surface area contributed by atoms with Gasteiger partial charge in [0.1, 0.15) is 0 Å². The molecule has 1 aromatic carbocycles. The number of nitrogens with one attached hydrogen (secondary N) is 2. The summed E-state index contributed by atoms with van der Waals surface area (Å²) >= 11 is 0. The molecular formula is C29H42N4O2. The van der Waals surface area contributed by atoms with Crippen molar-refractivity contribution in [2.45, 2.75) is 88.9 Å². The summed E-state index contributed by atoms with van der Waals surface area (Å²) in [4.78, 5) is 30.4. The minimum absolute atomic E-state index is 0.00826. The van der Waals surface area contributed by atoms with Crippen LogP contribution >= 0.6 is 0 Å². The van der Waals surface area contributed by atoms with Gasteiger partial charge in [0.25, 0.3) is 5.91 Å². The lowest BCUT2D eigenvalue weighted by Crippen LogP contribution is -2.55. The summed E-state index contributed by atoms with van der Waals surface area (Å²) in [6.45, 7) is 4.23. The van der Waals surface area contributed by atoms with E-state index in [1.165, 1.54) is 44.9 Å². The van der Waals surface area contributed by atoms with Crippen molar-refractivity contribution in [3.63, 3.8) is 0 Å². The third-order valence-corrected chi connectivity index (χ3v) is 9.97. The van der Waals surface area contributed by atoms with Crippen molar-refractivity contribution in [3.05, 3.63) is 35.4 Å². The maximum absolute atomic E-state index is 13.0. The van der Waals surface area contributed by atoms with Crippen LogP contribution in [0.4, 0.5) is 4.79 Å². The van der Waals surface area contributed by atoms with Crippen LogP contribution < -0.4 is 10.6 Å². The van der Waals surface area contributed by atoms with E-state index in [1.807, 2.05) is 43.1 Å². The standard InChI is InChI=1S/C29H42N4O2/c1-18(30-29(35)32(2)25-9-11-33(12-10-25)26-7-8-26)21-3-5-22(6-4-21)28(34)31-27-23-14-19-13-20(16-23)17-24(27)15-19/h3-6,18-20,23-27H,7-17H2,1-2H3,(H,30,35)(H,31,34). The van der Waals surface area contributed by atoms with Gasteiger partial charge in [-0.3, -0.25) is 4.79 Å². The number of piperidine rings is 1. The van der Waals surface area contributed by atoms with Gasteiger partial charge in [0.15, 0.2) is 0 Å². The van der Waals surface area contributed by atoms with Crippen molar-refractivity contribution < 1.29 is 9.59 Å². The Morgan fingerprint density at radius 3 is 2.09 bits per heavy atom. The number of likely N-dealkylation sites (tertiary alicyclic amines) is 1. The average Bonchev–Trinajstić information content (AvgIpc) is 3.71. The topological polar surface area (TPSA) is 64.7 Å². The van der Waals surface area contributed by atoms with Crippen LogP contribution in [0.5, 0.6) is 0 Å². The molecule has 1 heterocycles. The van der Waals surface area contributed by atoms with E-state index >= 15 is 0 Å². The van der Waals surface area contributed by atoms with Gasteiger partial charge in [0.2, 0.25) is 0 Å². The van der Waals surface area contributed by atoms with Crippen molar-refractivity contribution in [2.75, 3.05) is 20.1 Å². The number of urea groups is 1. The summed E-state index contributed by atoms with van der Waals surface area (Å²) in [7, 11) is 1.93. The van der Waals surface area contributed by atoms with Gasteiger partial charge in [0, 0.05) is 43.8 Å². The largest absolute Gasteiger partial charge is 0.349 e. The number of hydrogen-bond acceptors (Lipinski definition) is 3. The summed E-state index contributed by atoms with van der Waals surface area (Å²) < 4.78 is 0. The zero-order valence-corrected chi connectivity index (χ0v) is 21.4. The van der Waals surface area contributed by atoms with E-state index < -0.39 is 0 Å². The molecular weight excluding hydrogens is 436 g/mol. The van der Waals surface area contributed by atoms with Gasteiger partial charge < -0.3 is 20.4 Å². The van der Waals surface area contributed by atoms with E-state index in [2.05, 4.69) is 15.5 Å². The van der Waals surface area contributed by atoms with Gasteiger partial charge in [0.05, 0.1) is 6.04 Å². The zero-order chi connectivity index (χ0) is 24.1. The highest BCUT2D eigenvalue weighted by molar-refractivity contribution is 5.94. The third kappa shape index (κ3) is 4.83. The zero-order valence-electron chi connectivity index (χ0n) is 21.4. The molecule has 6 aliphatic rings. The highest BCUT2D eigenvalue weighted by Crippen LogP contribution is 2.53. The Kier molecular flexibility index (Phi) is 6.28. The second kappa shape index (κ2) is 9.42.